The van der Waals surface area contributed by atoms with Crippen LogP contribution in [0.15, 0.2) is 16.7 Å². The van der Waals surface area contributed by atoms with Crippen molar-refractivity contribution in [2.45, 2.75) is 32.6 Å². The Morgan fingerprint density at radius 3 is 2.72 bits per heavy atom. The van der Waals surface area contributed by atoms with Crippen molar-refractivity contribution in [2.24, 2.45) is 4.99 Å². The summed E-state index contributed by atoms with van der Waals surface area (Å²) in [7, 11) is 1.62. The van der Waals surface area contributed by atoms with Gasteiger partial charge in [0.1, 0.15) is 6.33 Å². The molecule has 25 heavy (non-hydrogen) atoms. The van der Waals surface area contributed by atoms with Gasteiger partial charge < -0.3 is 15.2 Å². The first-order valence-electron chi connectivity index (χ1n) is 7.26. The van der Waals surface area contributed by atoms with E-state index < -0.39 is 11.9 Å². The van der Waals surface area contributed by atoms with Crippen LogP contribution in [0.3, 0.4) is 0 Å². The summed E-state index contributed by atoms with van der Waals surface area (Å²) in [5, 5.41) is 15.4. The largest absolute Gasteiger partial charge is 0.434 e. The van der Waals surface area contributed by atoms with Crippen molar-refractivity contribution in [3.63, 3.8) is 0 Å². The molecule has 0 unspecified atom stereocenters. The molecular weight excluding hydrogens is 470 g/mol. The maximum Gasteiger partial charge on any atom is 0.434 e. The highest BCUT2D eigenvalue weighted by molar-refractivity contribution is 14.0. The van der Waals surface area contributed by atoms with Crippen molar-refractivity contribution in [3.8, 4) is 0 Å². The minimum atomic E-state index is -4.39. The SMILES string of the molecule is CCn1cnnc1CNC(=NC)NCCc1nc(C(F)(F)F)cs1.I. The van der Waals surface area contributed by atoms with Crippen LogP contribution in [-0.4, -0.2) is 39.3 Å². The third kappa shape index (κ3) is 6.41. The Bertz CT molecular complexity index is 683. The molecule has 2 aromatic rings. The topological polar surface area (TPSA) is 80.0 Å². The zero-order valence-corrected chi connectivity index (χ0v) is 16.8. The number of aliphatic imine (C=N–C) groups is 1. The van der Waals surface area contributed by atoms with E-state index in [1.165, 1.54) is 0 Å². The molecule has 12 heteroatoms. The first kappa shape index (κ1) is 21.6. The lowest BCUT2D eigenvalue weighted by Gasteiger charge is -2.11. The molecule has 0 aliphatic carbocycles. The second-order valence-corrected chi connectivity index (χ2v) is 5.70. The highest BCUT2D eigenvalue weighted by atomic mass is 127. The average Bonchev–Trinajstić information content (AvgIpc) is 3.18. The van der Waals surface area contributed by atoms with Gasteiger partial charge >= 0.3 is 6.18 Å². The van der Waals surface area contributed by atoms with E-state index >= 15 is 0 Å². The summed E-state index contributed by atoms with van der Waals surface area (Å²) in [6, 6.07) is 0. The zero-order chi connectivity index (χ0) is 17.6. The number of nitrogens with one attached hydrogen (secondary N) is 2. The Morgan fingerprint density at radius 1 is 1.36 bits per heavy atom. The van der Waals surface area contributed by atoms with Gasteiger partial charge in [-0.1, -0.05) is 0 Å². The third-order valence-corrected chi connectivity index (χ3v) is 4.06. The van der Waals surface area contributed by atoms with Gasteiger partial charge in [0.25, 0.3) is 0 Å². The van der Waals surface area contributed by atoms with E-state index in [-0.39, 0.29) is 24.0 Å². The molecule has 0 bridgehead atoms. The smallest absolute Gasteiger partial charge is 0.356 e. The van der Waals surface area contributed by atoms with E-state index in [0.717, 1.165) is 29.1 Å². The first-order valence-corrected chi connectivity index (χ1v) is 8.14. The molecule has 0 radical (unpaired) electrons. The number of thiazole rings is 1. The van der Waals surface area contributed by atoms with Crippen LogP contribution >= 0.6 is 35.3 Å². The van der Waals surface area contributed by atoms with Crippen LogP contribution in [0.2, 0.25) is 0 Å². The molecule has 2 N–H and O–H groups in total. The van der Waals surface area contributed by atoms with Gasteiger partial charge in [-0.3, -0.25) is 4.99 Å². The summed E-state index contributed by atoms with van der Waals surface area (Å²) in [5.41, 5.74) is -0.844. The zero-order valence-electron chi connectivity index (χ0n) is 13.7. The molecule has 2 rings (SSSR count). The van der Waals surface area contributed by atoms with E-state index in [1.807, 2.05) is 11.5 Å². The first-order chi connectivity index (χ1) is 11.4. The molecule has 0 saturated heterocycles. The van der Waals surface area contributed by atoms with Gasteiger partial charge in [-0.05, 0) is 6.92 Å². The average molecular weight is 489 g/mol. The van der Waals surface area contributed by atoms with Crippen molar-refractivity contribution in [2.75, 3.05) is 13.6 Å². The standard InChI is InChI=1S/C13H18F3N7S.HI/c1-3-23-8-20-22-10(23)6-19-12(17-2)18-5-4-11-21-9(7-24-11)13(14,15)16;/h7-8H,3-6H2,1-2H3,(H2,17,18,19);1H. The molecule has 2 heterocycles. The Balaban J connectivity index is 0.00000312. The van der Waals surface area contributed by atoms with Crippen LogP contribution in [0.5, 0.6) is 0 Å². The Kier molecular flexibility index (Phi) is 8.55. The van der Waals surface area contributed by atoms with Crippen molar-refractivity contribution in [1.82, 2.24) is 30.4 Å². The van der Waals surface area contributed by atoms with Crippen LogP contribution in [0.1, 0.15) is 23.4 Å². The number of aromatic nitrogens is 4. The number of alkyl halides is 3. The summed E-state index contributed by atoms with van der Waals surface area (Å²) in [4.78, 5) is 7.64. The van der Waals surface area contributed by atoms with Gasteiger partial charge in [0.05, 0.1) is 11.6 Å². The van der Waals surface area contributed by atoms with Gasteiger partial charge in [0.2, 0.25) is 0 Å². The molecule has 2 aromatic heterocycles. The van der Waals surface area contributed by atoms with Gasteiger partial charge in [-0.15, -0.1) is 45.5 Å². The van der Waals surface area contributed by atoms with E-state index in [4.69, 9.17) is 0 Å². The molecular formula is C13H19F3IN7S. The molecule has 0 saturated carbocycles. The number of aryl methyl sites for hydroxylation is 1. The highest BCUT2D eigenvalue weighted by Gasteiger charge is 2.33. The monoisotopic (exact) mass is 489 g/mol. The van der Waals surface area contributed by atoms with Crippen molar-refractivity contribution in [3.05, 3.63) is 28.2 Å². The van der Waals surface area contributed by atoms with E-state index in [2.05, 4.69) is 30.8 Å². The highest BCUT2D eigenvalue weighted by Crippen LogP contribution is 2.29. The fourth-order valence-corrected chi connectivity index (χ4v) is 2.71. The van der Waals surface area contributed by atoms with E-state index in [9.17, 15) is 13.2 Å². The third-order valence-electron chi connectivity index (χ3n) is 3.15. The molecule has 140 valence electrons. The van der Waals surface area contributed by atoms with Crippen LogP contribution in [0, 0.1) is 0 Å². The minimum absolute atomic E-state index is 0. The molecule has 0 amide bonds. The quantitative estimate of drug-likeness (QED) is 0.370. The maximum atomic E-state index is 12.5. The predicted molar refractivity (Wildman–Crippen MR) is 100 cm³/mol. The van der Waals surface area contributed by atoms with Crippen molar-refractivity contribution in [1.29, 1.82) is 0 Å². The summed E-state index contributed by atoms with van der Waals surface area (Å²) >= 11 is 0.999. The van der Waals surface area contributed by atoms with Crippen molar-refractivity contribution >= 4 is 41.3 Å². The lowest BCUT2D eigenvalue weighted by atomic mass is 10.4. The number of nitrogens with zero attached hydrogens (tertiary/aromatic N) is 5. The Labute approximate surface area is 164 Å². The van der Waals surface area contributed by atoms with Crippen LogP contribution in [-0.2, 0) is 25.7 Å². The van der Waals surface area contributed by atoms with Gasteiger partial charge in [0, 0.05) is 31.9 Å². The molecule has 0 spiro atoms. The lowest BCUT2D eigenvalue weighted by Crippen LogP contribution is -2.38. The summed E-state index contributed by atoms with van der Waals surface area (Å²) in [6.07, 6.45) is -2.37. The number of hydrogen-bond acceptors (Lipinski definition) is 5. The minimum Gasteiger partial charge on any atom is -0.356 e. The summed E-state index contributed by atoms with van der Waals surface area (Å²) < 4.78 is 39.4. The van der Waals surface area contributed by atoms with Crippen molar-refractivity contribution < 1.29 is 13.2 Å². The molecule has 7 nitrogen and oxygen atoms in total. The second-order valence-electron chi connectivity index (χ2n) is 4.76. The van der Waals surface area contributed by atoms with Gasteiger partial charge in [-0.25, -0.2) is 4.98 Å². The van der Waals surface area contributed by atoms with Gasteiger partial charge in [0.15, 0.2) is 17.5 Å². The van der Waals surface area contributed by atoms with Crippen LogP contribution < -0.4 is 10.6 Å². The van der Waals surface area contributed by atoms with Crippen LogP contribution in [0.4, 0.5) is 13.2 Å². The van der Waals surface area contributed by atoms with Gasteiger partial charge in [-0.2, -0.15) is 13.2 Å². The molecule has 0 aliphatic rings. The number of hydrogen-bond donors (Lipinski definition) is 2. The second kappa shape index (κ2) is 9.89. The normalized spacial score (nSPS) is 12.0. The van der Waals surface area contributed by atoms with Crippen LogP contribution in [0.25, 0.3) is 0 Å². The Morgan fingerprint density at radius 2 is 2.12 bits per heavy atom. The number of guanidine groups is 1. The Hall–Kier alpha value is -1.44. The summed E-state index contributed by atoms with van der Waals surface area (Å²) in [5.74, 6) is 1.31. The van der Waals surface area contributed by atoms with E-state index in [0.29, 0.717) is 30.5 Å². The number of rotatable bonds is 6. The predicted octanol–water partition coefficient (Wildman–Crippen LogP) is 2.30. The summed E-state index contributed by atoms with van der Waals surface area (Å²) in [6.45, 7) is 3.62. The molecule has 0 aliphatic heterocycles. The van der Waals surface area contributed by atoms with E-state index in [1.54, 1.807) is 13.4 Å². The fourth-order valence-electron chi connectivity index (χ4n) is 1.91. The fraction of sp³-hybridized carbons (Fsp3) is 0.538. The molecule has 0 fully saturated rings. The number of halogens is 4. The maximum absolute atomic E-state index is 12.5. The molecule has 0 aromatic carbocycles. The lowest BCUT2D eigenvalue weighted by molar-refractivity contribution is -0.140. The molecule has 0 atom stereocenters.